The van der Waals surface area contributed by atoms with Crippen molar-refractivity contribution < 1.29 is 9.72 Å². The second kappa shape index (κ2) is 8.89. The molecule has 0 unspecified atom stereocenters. The number of rotatable bonds is 6. The van der Waals surface area contributed by atoms with Crippen molar-refractivity contribution >= 4 is 49.7 Å². The lowest BCUT2D eigenvalue weighted by Crippen LogP contribution is -2.19. The number of nitro groups is 1. The largest absolute Gasteiger partial charge is 0.320 e. The molecule has 1 amide bonds. The van der Waals surface area contributed by atoms with E-state index in [2.05, 4.69) is 47.5 Å². The molecule has 3 aromatic rings. The highest BCUT2D eigenvalue weighted by Crippen LogP contribution is 2.18. The van der Waals surface area contributed by atoms with Crippen molar-refractivity contribution in [2.45, 2.75) is 6.54 Å². The molecule has 0 spiro atoms. The quantitative estimate of drug-likeness (QED) is 0.308. The first-order chi connectivity index (χ1) is 13.4. The van der Waals surface area contributed by atoms with Crippen LogP contribution in [0.4, 0.5) is 5.69 Å². The van der Waals surface area contributed by atoms with E-state index in [4.69, 9.17) is 0 Å². The maximum atomic E-state index is 12.3. The van der Waals surface area contributed by atoms with Crippen LogP contribution in [0.1, 0.15) is 21.6 Å². The molecule has 0 aliphatic heterocycles. The van der Waals surface area contributed by atoms with Gasteiger partial charge in [0.15, 0.2) is 0 Å². The molecule has 0 aliphatic rings. The van der Waals surface area contributed by atoms with Gasteiger partial charge in [-0.15, -0.1) is 0 Å². The summed E-state index contributed by atoms with van der Waals surface area (Å²) in [5, 5.41) is 19.2. The summed E-state index contributed by atoms with van der Waals surface area (Å²) in [4.78, 5) is 23.0. The molecule has 0 radical (unpaired) electrons. The summed E-state index contributed by atoms with van der Waals surface area (Å²) in [6, 6.07) is 14.7. The van der Waals surface area contributed by atoms with Crippen LogP contribution in [0.2, 0.25) is 0 Å². The molecule has 0 saturated heterocycles. The highest BCUT2D eigenvalue weighted by Gasteiger charge is 2.25. The zero-order valence-corrected chi connectivity index (χ0v) is 17.4. The molecule has 10 heteroatoms. The Balaban J connectivity index is 1.74. The third kappa shape index (κ3) is 5.11. The molecule has 0 saturated carbocycles. The highest BCUT2D eigenvalue weighted by atomic mass is 79.9. The van der Waals surface area contributed by atoms with E-state index in [1.165, 1.54) is 17.1 Å². The molecular weight excluding hydrogens is 494 g/mol. The van der Waals surface area contributed by atoms with E-state index in [1.54, 1.807) is 12.1 Å². The fourth-order valence-corrected chi connectivity index (χ4v) is 2.86. The minimum absolute atomic E-state index is 0.295. The number of nitrogens with zero attached hydrogens (tertiary/aromatic N) is 4. The first-order valence-electron chi connectivity index (χ1n) is 7.97. The summed E-state index contributed by atoms with van der Waals surface area (Å²) >= 11 is 6.68. The number of hydrogen-bond acceptors (Lipinski definition) is 5. The van der Waals surface area contributed by atoms with Gasteiger partial charge in [0, 0.05) is 8.95 Å². The number of halogens is 2. The minimum Gasteiger partial charge on any atom is -0.265 e. The van der Waals surface area contributed by atoms with Gasteiger partial charge >= 0.3 is 5.69 Å². The van der Waals surface area contributed by atoms with Crippen molar-refractivity contribution in [2.24, 2.45) is 5.10 Å². The van der Waals surface area contributed by atoms with E-state index in [1.807, 2.05) is 36.4 Å². The summed E-state index contributed by atoms with van der Waals surface area (Å²) in [5.74, 6) is -0.755. The van der Waals surface area contributed by atoms with Crippen LogP contribution in [0.15, 0.2) is 68.8 Å². The molecule has 0 atom stereocenters. The van der Waals surface area contributed by atoms with Gasteiger partial charge in [-0.3, -0.25) is 19.6 Å². The van der Waals surface area contributed by atoms with Crippen LogP contribution in [0.5, 0.6) is 0 Å². The third-order valence-electron chi connectivity index (χ3n) is 3.66. The Kier molecular flexibility index (Phi) is 6.32. The van der Waals surface area contributed by atoms with E-state index in [0.717, 1.165) is 20.1 Å². The summed E-state index contributed by atoms with van der Waals surface area (Å²) in [6.07, 6.45) is 2.67. The van der Waals surface area contributed by atoms with Gasteiger partial charge in [0.1, 0.15) is 6.20 Å². The molecule has 8 nitrogen and oxygen atoms in total. The Bertz CT molecular complexity index is 1030. The predicted molar refractivity (Wildman–Crippen MR) is 111 cm³/mol. The van der Waals surface area contributed by atoms with Gasteiger partial charge in [-0.1, -0.05) is 56.1 Å². The lowest BCUT2D eigenvalue weighted by molar-refractivity contribution is -0.385. The number of hydrogen-bond donors (Lipinski definition) is 1. The van der Waals surface area contributed by atoms with Gasteiger partial charge in [-0.2, -0.15) is 10.2 Å². The predicted octanol–water partition coefficient (Wildman–Crippen LogP) is 4.13. The lowest BCUT2D eigenvalue weighted by Gasteiger charge is -2.01. The van der Waals surface area contributed by atoms with E-state index in [0.29, 0.717) is 6.54 Å². The van der Waals surface area contributed by atoms with Gasteiger partial charge in [-0.05, 0) is 35.4 Å². The number of carbonyl (C=O) groups is 1. The second-order valence-corrected chi connectivity index (χ2v) is 7.53. The fraction of sp³-hybridized carbons (Fsp3) is 0.0556. The topological polar surface area (TPSA) is 102 Å². The van der Waals surface area contributed by atoms with Crippen LogP contribution in [0, 0.1) is 10.1 Å². The normalized spacial score (nSPS) is 10.9. The molecule has 1 aromatic heterocycles. The Morgan fingerprint density at radius 3 is 2.36 bits per heavy atom. The van der Waals surface area contributed by atoms with Crippen molar-refractivity contribution in [3.05, 3.63) is 90.6 Å². The Morgan fingerprint density at radius 1 is 1.14 bits per heavy atom. The van der Waals surface area contributed by atoms with Crippen molar-refractivity contribution in [1.29, 1.82) is 0 Å². The van der Waals surface area contributed by atoms with Gasteiger partial charge in [-0.25, -0.2) is 5.43 Å². The molecule has 0 fully saturated rings. The zero-order valence-electron chi connectivity index (χ0n) is 14.3. The average Bonchev–Trinajstić information content (AvgIpc) is 3.09. The molecule has 1 heterocycles. The number of nitrogens with one attached hydrogen (secondary N) is 1. The molecule has 28 heavy (non-hydrogen) atoms. The highest BCUT2D eigenvalue weighted by molar-refractivity contribution is 9.10. The van der Waals surface area contributed by atoms with Gasteiger partial charge in [0.25, 0.3) is 5.91 Å². The van der Waals surface area contributed by atoms with E-state index < -0.39 is 10.8 Å². The lowest BCUT2D eigenvalue weighted by atomic mass is 10.2. The Labute approximate surface area is 176 Å². The SMILES string of the molecule is O=C(N/N=C\c1ccc(Br)cc1)c1nn(Cc2ccc(Br)cc2)cc1[N+](=O)[O-]. The fourth-order valence-electron chi connectivity index (χ4n) is 2.33. The summed E-state index contributed by atoms with van der Waals surface area (Å²) in [7, 11) is 0. The summed E-state index contributed by atoms with van der Waals surface area (Å²) in [5.41, 5.74) is 3.25. The average molecular weight is 507 g/mol. The van der Waals surface area contributed by atoms with Gasteiger partial charge in [0.05, 0.1) is 17.7 Å². The number of benzene rings is 2. The van der Waals surface area contributed by atoms with E-state index in [-0.39, 0.29) is 11.4 Å². The summed E-state index contributed by atoms with van der Waals surface area (Å²) < 4.78 is 3.20. The molecule has 0 aliphatic carbocycles. The maximum absolute atomic E-state index is 12.3. The number of aromatic nitrogens is 2. The first-order valence-corrected chi connectivity index (χ1v) is 9.56. The van der Waals surface area contributed by atoms with Gasteiger partial charge in [0.2, 0.25) is 5.69 Å². The maximum Gasteiger partial charge on any atom is 0.320 e. The molecule has 2 aromatic carbocycles. The van der Waals surface area contributed by atoms with E-state index >= 15 is 0 Å². The molecule has 0 bridgehead atoms. The van der Waals surface area contributed by atoms with Crippen LogP contribution in [0.25, 0.3) is 0 Å². The van der Waals surface area contributed by atoms with Crippen molar-refractivity contribution in [3.8, 4) is 0 Å². The van der Waals surface area contributed by atoms with Crippen molar-refractivity contribution in [3.63, 3.8) is 0 Å². The minimum atomic E-state index is -0.755. The van der Waals surface area contributed by atoms with Crippen LogP contribution in [-0.2, 0) is 6.54 Å². The van der Waals surface area contributed by atoms with Crippen molar-refractivity contribution in [1.82, 2.24) is 15.2 Å². The molecule has 1 N–H and O–H groups in total. The molecular formula is C18H13Br2N5O3. The standard InChI is InChI=1S/C18H13Br2N5O3/c19-14-5-1-12(2-6-14)9-21-22-18(26)17-16(25(27)28)11-24(23-17)10-13-3-7-15(20)8-4-13/h1-9,11H,10H2,(H,22,26)/b21-9-. The molecule has 142 valence electrons. The molecule has 3 rings (SSSR count). The zero-order chi connectivity index (χ0) is 20.1. The first kappa shape index (κ1) is 19.9. The van der Waals surface area contributed by atoms with Crippen molar-refractivity contribution in [2.75, 3.05) is 0 Å². The second-order valence-electron chi connectivity index (χ2n) is 5.69. The Hall–Kier alpha value is -2.85. The van der Waals surface area contributed by atoms with Gasteiger partial charge < -0.3 is 0 Å². The Morgan fingerprint density at radius 2 is 1.75 bits per heavy atom. The smallest absolute Gasteiger partial charge is 0.265 e. The summed E-state index contributed by atoms with van der Waals surface area (Å²) in [6.45, 7) is 0.295. The van der Waals surface area contributed by atoms with Crippen LogP contribution < -0.4 is 5.43 Å². The third-order valence-corrected chi connectivity index (χ3v) is 4.72. The van der Waals surface area contributed by atoms with Crippen LogP contribution in [-0.4, -0.2) is 26.8 Å². The number of hydrazone groups is 1. The van der Waals surface area contributed by atoms with Crippen LogP contribution >= 0.6 is 31.9 Å². The number of carbonyl (C=O) groups excluding carboxylic acids is 1. The number of amides is 1. The van der Waals surface area contributed by atoms with E-state index in [9.17, 15) is 14.9 Å². The monoisotopic (exact) mass is 505 g/mol. The van der Waals surface area contributed by atoms with Crippen LogP contribution in [0.3, 0.4) is 0 Å².